The van der Waals surface area contributed by atoms with Gasteiger partial charge in [-0.05, 0) is 30.5 Å². The van der Waals surface area contributed by atoms with E-state index < -0.39 is 6.09 Å². The van der Waals surface area contributed by atoms with Crippen molar-refractivity contribution in [2.24, 2.45) is 0 Å². The van der Waals surface area contributed by atoms with Crippen LogP contribution in [0.5, 0.6) is 11.5 Å². The van der Waals surface area contributed by atoms with Crippen LogP contribution in [0.15, 0.2) is 30.4 Å². The standard InChI is InChI=1S/C15H17NO4/c1-18-15(17)16-12-5-3-2-4-11(12)10-6-7-13-14(8-10)20-9-19-13/h2-3,6-8,11-12H,4-5,9H2,1H3,(H,16,17)/t11-,12+/m1/s1. The van der Waals surface area contributed by atoms with Crippen molar-refractivity contribution >= 4 is 6.09 Å². The van der Waals surface area contributed by atoms with Gasteiger partial charge in [0.15, 0.2) is 11.5 Å². The van der Waals surface area contributed by atoms with Gasteiger partial charge in [0.2, 0.25) is 6.79 Å². The highest BCUT2D eigenvalue weighted by atomic mass is 16.7. The van der Waals surface area contributed by atoms with Crippen LogP contribution in [0.3, 0.4) is 0 Å². The Morgan fingerprint density at radius 1 is 1.25 bits per heavy atom. The van der Waals surface area contributed by atoms with Crippen LogP contribution in [0.2, 0.25) is 0 Å². The number of hydrogen-bond donors (Lipinski definition) is 1. The summed E-state index contributed by atoms with van der Waals surface area (Å²) in [4.78, 5) is 11.4. The minimum Gasteiger partial charge on any atom is -0.454 e. The molecule has 1 heterocycles. The van der Waals surface area contributed by atoms with Gasteiger partial charge in [0.1, 0.15) is 0 Å². The largest absolute Gasteiger partial charge is 0.454 e. The van der Waals surface area contributed by atoms with Crippen molar-refractivity contribution in [3.63, 3.8) is 0 Å². The molecule has 0 saturated heterocycles. The van der Waals surface area contributed by atoms with Gasteiger partial charge in [0.05, 0.1) is 7.11 Å². The number of nitrogens with one attached hydrogen (secondary N) is 1. The third kappa shape index (κ3) is 2.43. The van der Waals surface area contributed by atoms with E-state index in [0.717, 1.165) is 29.9 Å². The smallest absolute Gasteiger partial charge is 0.407 e. The van der Waals surface area contributed by atoms with Crippen molar-refractivity contribution in [3.8, 4) is 11.5 Å². The molecule has 2 atom stereocenters. The van der Waals surface area contributed by atoms with Gasteiger partial charge in [0.25, 0.3) is 0 Å². The van der Waals surface area contributed by atoms with Gasteiger partial charge in [-0.1, -0.05) is 18.2 Å². The van der Waals surface area contributed by atoms with Gasteiger partial charge in [0, 0.05) is 12.0 Å². The van der Waals surface area contributed by atoms with Crippen molar-refractivity contribution in [2.75, 3.05) is 13.9 Å². The van der Waals surface area contributed by atoms with Crippen LogP contribution in [0.1, 0.15) is 24.3 Å². The fourth-order valence-corrected chi connectivity index (χ4v) is 2.70. The zero-order chi connectivity index (χ0) is 13.9. The Bertz CT molecular complexity index is 541. The molecule has 5 heteroatoms. The minimum absolute atomic E-state index is 0.0350. The number of amides is 1. The van der Waals surface area contributed by atoms with E-state index in [2.05, 4.69) is 17.5 Å². The predicted molar refractivity (Wildman–Crippen MR) is 73.0 cm³/mol. The first kappa shape index (κ1) is 12.8. The molecule has 20 heavy (non-hydrogen) atoms. The van der Waals surface area contributed by atoms with E-state index in [1.54, 1.807) is 0 Å². The number of hydrogen-bond acceptors (Lipinski definition) is 4. The van der Waals surface area contributed by atoms with Gasteiger partial charge in [-0.25, -0.2) is 4.79 Å². The average molecular weight is 275 g/mol. The van der Waals surface area contributed by atoms with Gasteiger partial charge in [-0.2, -0.15) is 0 Å². The zero-order valence-electron chi connectivity index (χ0n) is 11.3. The SMILES string of the molecule is COC(=O)N[C@H]1CC=CC[C@@H]1c1ccc2c(c1)OCO2. The van der Waals surface area contributed by atoms with E-state index in [0.29, 0.717) is 0 Å². The molecule has 3 rings (SSSR count). The number of ether oxygens (including phenoxy) is 3. The summed E-state index contributed by atoms with van der Waals surface area (Å²) >= 11 is 0. The minimum atomic E-state index is -0.393. The predicted octanol–water partition coefficient (Wildman–Crippen LogP) is 2.57. The van der Waals surface area contributed by atoms with E-state index in [-0.39, 0.29) is 18.8 Å². The molecular formula is C15H17NO4. The average Bonchev–Trinajstić information content (AvgIpc) is 2.95. The second-order valence-corrected chi connectivity index (χ2v) is 4.90. The fraction of sp³-hybridized carbons (Fsp3) is 0.400. The van der Waals surface area contributed by atoms with Crippen molar-refractivity contribution in [1.29, 1.82) is 0 Å². The number of rotatable bonds is 2. The molecule has 0 aromatic heterocycles. The Morgan fingerprint density at radius 3 is 2.90 bits per heavy atom. The summed E-state index contributed by atoms with van der Waals surface area (Å²) in [6, 6.07) is 5.99. The van der Waals surface area contributed by atoms with Crippen LogP contribution < -0.4 is 14.8 Å². The molecule has 1 N–H and O–H groups in total. The molecule has 0 spiro atoms. The highest BCUT2D eigenvalue weighted by Crippen LogP contribution is 2.37. The monoisotopic (exact) mass is 275 g/mol. The highest BCUT2D eigenvalue weighted by Gasteiger charge is 2.27. The van der Waals surface area contributed by atoms with Crippen LogP contribution in [0, 0.1) is 0 Å². The van der Waals surface area contributed by atoms with Gasteiger partial charge < -0.3 is 19.5 Å². The quantitative estimate of drug-likeness (QED) is 0.843. The summed E-state index contributed by atoms with van der Waals surface area (Å²) in [7, 11) is 1.38. The number of methoxy groups -OCH3 is 1. The maximum Gasteiger partial charge on any atom is 0.407 e. The Morgan fingerprint density at radius 2 is 2.05 bits per heavy atom. The second kappa shape index (κ2) is 5.45. The topological polar surface area (TPSA) is 56.8 Å². The lowest BCUT2D eigenvalue weighted by molar-refractivity contribution is 0.164. The Labute approximate surface area is 117 Å². The number of alkyl carbamates (subject to hydrolysis) is 1. The maximum atomic E-state index is 11.4. The zero-order valence-corrected chi connectivity index (χ0v) is 11.3. The Kier molecular flexibility index (Phi) is 3.50. The molecule has 106 valence electrons. The molecular weight excluding hydrogens is 258 g/mol. The maximum absolute atomic E-state index is 11.4. The van der Waals surface area contributed by atoms with Crippen molar-refractivity contribution in [2.45, 2.75) is 24.8 Å². The lowest BCUT2D eigenvalue weighted by Gasteiger charge is -2.29. The van der Waals surface area contributed by atoms with Crippen LogP contribution >= 0.6 is 0 Å². The number of allylic oxidation sites excluding steroid dienone is 1. The molecule has 1 aromatic carbocycles. The molecule has 0 saturated carbocycles. The first-order valence-corrected chi connectivity index (χ1v) is 6.67. The molecule has 0 fully saturated rings. The Balaban J connectivity index is 1.82. The Hall–Kier alpha value is -2.17. The third-order valence-corrected chi connectivity index (χ3v) is 3.75. The molecule has 0 bridgehead atoms. The van der Waals surface area contributed by atoms with Crippen LogP contribution in [-0.4, -0.2) is 26.0 Å². The summed E-state index contributed by atoms with van der Waals surface area (Å²) in [5, 5.41) is 2.90. The highest BCUT2D eigenvalue weighted by molar-refractivity contribution is 5.67. The molecule has 1 aromatic rings. The first-order valence-electron chi connectivity index (χ1n) is 6.67. The molecule has 2 aliphatic rings. The number of benzene rings is 1. The van der Waals surface area contributed by atoms with Crippen molar-refractivity contribution < 1.29 is 19.0 Å². The molecule has 1 amide bonds. The number of carbonyl (C=O) groups is 1. The van der Waals surface area contributed by atoms with E-state index in [9.17, 15) is 4.79 Å². The molecule has 5 nitrogen and oxygen atoms in total. The van der Waals surface area contributed by atoms with Gasteiger partial charge >= 0.3 is 6.09 Å². The van der Waals surface area contributed by atoms with Gasteiger partial charge in [-0.3, -0.25) is 0 Å². The van der Waals surface area contributed by atoms with Crippen LogP contribution in [0.4, 0.5) is 4.79 Å². The second-order valence-electron chi connectivity index (χ2n) is 4.90. The van der Waals surface area contributed by atoms with Crippen molar-refractivity contribution in [1.82, 2.24) is 5.32 Å². The summed E-state index contributed by atoms with van der Waals surface area (Å²) in [5.41, 5.74) is 1.14. The molecule has 1 aliphatic carbocycles. The summed E-state index contributed by atoms with van der Waals surface area (Å²) in [6.07, 6.45) is 5.52. The van der Waals surface area contributed by atoms with Crippen molar-refractivity contribution in [3.05, 3.63) is 35.9 Å². The fourth-order valence-electron chi connectivity index (χ4n) is 2.70. The first-order chi connectivity index (χ1) is 9.78. The van der Waals surface area contributed by atoms with E-state index in [4.69, 9.17) is 14.2 Å². The number of carbonyl (C=O) groups excluding carboxylic acids is 1. The normalized spacial score (nSPS) is 23.4. The molecule has 1 aliphatic heterocycles. The van der Waals surface area contributed by atoms with E-state index in [1.807, 2.05) is 18.2 Å². The lowest BCUT2D eigenvalue weighted by Crippen LogP contribution is -2.39. The lowest BCUT2D eigenvalue weighted by atomic mass is 9.83. The van der Waals surface area contributed by atoms with Gasteiger partial charge in [-0.15, -0.1) is 0 Å². The molecule has 0 unspecified atom stereocenters. The third-order valence-electron chi connectivity index (χ3n) is 3.75. The van der Waals surface area contributed by atoms with E-state index in [1.165, 1.54) is 7.11 Å². The number of fused-ring (bicyclic) bond motifs is 1. The summed E-state index contributed by atoms with van der Waals surface area (Å²) in [5.74, 6) is 1.76. The van der Waals surface area contributed by atoms with Crippen LogP contribution in [0.25, 0.3) is 0 Å². The van der Waals surface area contributed by atoms with Crippen LogP contribution in [-0.2, 0) is 4.74 Å². The summed E-state index contributed by atoms with van der Waals surface area (Å²) in [6.45, 7) is 0.271. The van der Waals surface area contributed by atoms with E-state index >= 15 is 0 Å². The molecule has 0 radical (unpaired) electrons. The summed E-state index contributed by atoms with van der Waals surface area (Å²) < 4.78 is 15.4.